The largest absolute Gasteiger partial charge is 0.457 e. The van der Waals surface area contributed by atoms with Gasteiger partial charge in [0.05, 0.1) is 0 Å². The van der Waals surface area contributed by atoms with E-state index >= 15 is 0 Å². The van der Waals surface area contributed by atoms with Crippen LogP contribution in [0.4, 0.5) is 0 Å². The number of halogens is 1. The van der Waals surface area contributed by atoms with Gasteiger partial charge in [0.25, 0.3) is 0 Å². The van der Waals surface area contributed by atoms with Crippen molar-refractivity contribution < 1.29 is 9.47 Å². The minimum Gasteiger partial charge on any atom is -0.457 e. The van der Waals surface area contributed by atoms with Gasteiger partial charge in [-0.1, -0.05) is 84.9 Å². The van der Waals surface area contributed by atoms with Crippen molar-refractivity contribution in [3.8, 4) is 45.3 Å². The van der Waals surface area contributed by atoms with Gasteiger partial charge in [-0.2, -0.15) is 0 Å². The molecule has 0 aliphatic rings. The van der Waals surface area contributed by atoms with E-state index in [9.17, 15) is 0 Å². The molecule has 5 aromatic carbocycles. The van der Waals surface area contributed by atoms with Crippen molar-refractivity contribution >= 4 is 22.6 Å². The molecule has 5 rings (SSSR count). The molecule has 0 unspecified atom stereocenters. The predicted octanol–water partition coefficient (Wildman–Crippen LogP) is 9.21. The Hall–Kier alpha value is -3.57. The molecule has 0 radical (unpaired) electrons. The molecule has 160 valence electrons. The van der Waals surface area contributed by atoms with Gasteiger partial charge in [0, 0.05) is 9.64 Å². The highest BCUT2D eigenvalue weighted by Gasteiger charge is 2.06. The molecule has 0 heterocycles. The van der Waals surface area contributed by atoms with Crippen molar-refractivity contribution in [2.45, 2.75) is 0 Å². The van der Waals surface area contributed by atoms with Gasteiger partial charge in [0.1, 0.15) is 23.0 Å². The second-order valence-corrected chi connectivity index (χ2v) is 8.85. The Kier molecular flexibility index (Phi) is 6.40. The second kappa shape index (κ2) is 9.92. The summed E-state index contributed by atoms with van der Waals surface area (Å²) in [4.78, 5) is 0. The van der Waals surface area contributed by atoms with Gasteiger partial charge >= 0.3 is 0 Å². The quantitative estimate of drug-likeness (QED) is 0.200. The lowest BCUT2D eigenvalue weighted by Crippen LogP contribution is -1.89. The zero-order valence-electron chi connectivity index (χ0n) is 17.8. The van der Waals surface area contributed by atoms with Crippen LogP contribution in [-0.4, -0.2) is 0 Å². The fourth-order valence-electron chi connectivity index (χ4n) is 3.62. The van der Waals surface area contributed by atoms with Crippen LogP contribution in [-0.2, 0) is 0 Å². The van der Waals surface area contributed by atoms with Gasteiger partial charge in [-0.3, -0.25) is 0 Å². The topological polar surface area (TPSA) is 18.5 Å². The van der Waals surface area contributed by atoms with Crippen LogP contribution in [0.1, 0.15) is 0 Å². The molecule has 3 heteroatoms. The molecule has 2 nitrogen and oxygen atoms in total. The average molecular weight is 540 g/mol. The highest BCUT2D eigenvalue weighted by molar-refractivity contribution is 14.1. The highest BCUT2D eigenvalue weighted by atomic mass is 127. The van der Waals surface area contributed by atoms with E-state index in [2.05, 4.69) is 71.1 Å². The van der Waals surface area contributed by atoms with Gasteiger partial charge in [-0.15, -0.1) is 0 Å². The lowest BCUT2D eigenvalue weighted by Gasteiger charge is -2.11. The molecule has 0 amide bonds. The van der Waals surface area contributed by atoms with Crippen LogP contribution >= 0.6 is 22.6 Å². The lowest BCUT2D eigenvalue weighted by molar-refractivity contribution is 0.459. The second-order valence-electron chi connectivity index (χ2n) is 7.61. The minimum absolute atomic E-state index is 0.741. The number of hydrogen-bond acceptors (Lipinski definition) is 2. The summed E-state index contributed by atoms with van der Waals surface area (Å²) in [5.74, 6) is 3.06. The first kappa shape index (κ1) is 21.3. The number of ether oxygens (including phenoxy) is 2. The Morgan fingerprint density at radius 2 is 0.727 bits per heavy atom. The average Bonchev–Trinajstić information content (AvgIpc) is 2.86. The van der Waals surface area contributed by atoms with Crippen molar-refractivity contribution in [1.29, 1.82) is 0 Å². The van der Waals surface area contributed by atoms with E-state index in [1.54, 1.807) is 0 Å². The first-order valence-corrected chi connectivity index (χ1v) is 11.8. The number of benzene rings is 5. The Morgan fingerprint density at radius 3 is 1.12 bits per heavy atom. The Labute approximate surface area is 207 Å². The van der Waals surface area contributed by atoms with E-state index in [1.807, 2.05) is 78.9 Å². The molecule has 0 fully saturated rings. The smallest absolute Gasteiger partial charge is 0.132 e. The fraction of sp³-hybridized carbons (Fsp3) is 0. The first-order valence-electron chi connectivity index (χ1n) is 10.7. The van der Waals surface area contributed by atoms with Crippen molar-refractivity contribution in [3.63, 3.8) is 0 Å². The Balaban J connectivity index is 1.30. The maximum absolute atomic E-state index is 6.12. The summed E-state index contributed by atoms with van der Waals surface area (Å²) < 4.78 is 13.3. The SMILES string of the molecule is Ic1cc(Oc2ccc(-c3ccccc3)cc2)cc(Oc2ccc(-c3ccccc3)cc2)c1. The van der Waals surface area contributed by atoms with Crippen molar-refractivity contribution in [3.05, 3.63) is 131 Å². The maximum Gasteiger partial charge on any atom is 0.132 e. The summed E-state index contributed by atoms with van der Waals surface area (Å²) in [6.45, 7) is 0. The van der Waals surface area contributed by atoms with E-state index in [0.29, 0.717) is 0 Å². The molecule has 0 bridgehead atoms. The number of rotatable bonds is 6. The standard InChI is InChI=1S/C30H21IO2/c31-26-19-29(32-27-15-11-24(12-16-27)22-7-3-1-4-8-22)21-30(20-26)33-28-17-13-25(14-18-28)23-9-5-2-6-10-23/h1-21H. The van der Waals surface area contributed by atoms with E-state index in [1.165, 1.54) is 11.1 Å². The molecule has 0 saturated carbocycles. The van der Waals surface area contributed by atoms with Crippen molar-refractivity contribution in [2.24, 2.45) is 0 Å². The third kappa shape index (κ3) is 5.44. The molecule has 0 atom stereocenters. The fourth-order valence-corrected chi connectivity index (χ4v) is 4.23. The summed E-state index contributed by atoms with van der Waals surface area (Å²) in [6.07, 6.45) is 0. The van der Waals surface area contributed by atoms with Crippen LogP contribution in [0.2, 0.25) is 0 Å². The molecule has 0 aliphatic heterocycles. The zero-order chi connectivity index (χ0) is 22.5. The van der Waals surface area contributed by atoms with Crippen LogP contribution < -0.4 is 9.47 Å². The Morgan fingerprint density at radius 1 is 0.364 bits per heavy atom. The molecular weight excluding hydrogens is 519 g/mol. The first-order chi connectivity index (χ1) is 16.2. The van der Waals surface area contributed by atoms with Gasteiger partial charge < -0.3 is 9.47 Å². The van der Waals surface area contributed by atoms with Crippen LogP contribution in [0.25, 0.3) is 22.3 Å². The summed E-state index contributed by atoms with van der Waals surface area (Å²) in [7, 11) is 0. The molecular formula is C30H21IO2. The molecule has 0 saturated heterocycles. The predicted molar refractivity (Wildman–Crippen MR) is 143 cm³/mol. The van der Waals surface area contributed by atoms with Gasteiger partial charge in [0.2, 0.25) is 0 Å². The third-order valence-electron chi connectivity index (χ3n) is 5.24. The summed E-state index contributed by atoms with van der Waals surface area (Å²) >= 11 is 2.28. The summed E-state index contributed by atoms with van der Waals surface area (Å²) in [5.41, 5.74) is 4.70. The van der Waals surface area contributed by atoms with Crippen LogP contribution in [0, 0.1) is 3.57 Å². The van der Waals surface area contributed by atoms with Gasteiger partial charge in [-0.25, -0.2) is 0 Å². The van der Waals surface area contributed by atoms with E-state index in [4.69, 9.17) is 9.47 Å². The molecule has 0 aromatic heterocycles. The van der Waals surface area contributed by atoms with Crippen molar-refractivity contribution in [1.82, 2.24) is 0 Å². The lowest BCUT2D eigenvalue weighted by atomic mass is 10.1. The van der Waals surface area contributed by atoms with E-state index in [-0.39, 0.29) is 0 Å². The molecule has 33 heavy (non-hydrogen) atoms. The van der Waals surface area contributed by atoms with Crippen LogP contribution in [0.5, 0.6) is 23.0 Å². The highest BCUT2D eigenvalue weighted by Crippen LogP contribution is 2.32. The summed E-state index contributed by atoms with van der Waals surface area (Å²) in [6, 6.07) is 42.8. The third-order valence-corrected chi connectivity index (χ3v) is 5.86. The molecule has 0 aliphatic carbocycles. The maximum atomic E-state index is 6.12. The van der Waals surface area contributed by atoms with Crippen LogP contribution in [0.15, 0.2) is 127 Å². The normalized spacial score (nSPS) is 10.6. The molecule has 0 spiro atoms. The minimum atomic E-state index is 0.741. The monoisotopic (exact) mass is 540 g/mol. The summed E-state index contributed by atoms with van der Waals surface area (Å²) in [5, 5.41) is 0. The number of hydrogen-bond donors (Lipinski definition) is 0. The Bertz CT molecular complexity index is 1230. The zero-order valence-corrected chi connectivity index (χ0v) is 20.0. The van der Waals surface area contributed by atoms with E-state index < -0.39 is 0 Å². The molecule has 0 N–H and O–H groups in total. The van der Waals surface area contributed by atoms with E-state index in [0.717, 1.165) is 37.7 Å². The van der Waals surface area contributed by atoms with Crippen molar-refractivity contribution in [2.75, 3.05) is 0 Å². The van der Waals surface area contributed by atoms with Gasteiger partial charge in [0.15, 0.2) is 0 Å². The molecule has 5 aromatic rings. The van der Waals surface area contributed by atoms with Gasteiger partial charge in [-0.05, 0) is 81.2 Å². The van der Waals surface area contributed by atoms with Crippen LogP contribution in [0.3, 0.4) is 0 Å².